The summed E-state index contributed by atoms with van der Waals surface area (Å²) in [5.41, 5.74) is 1.46. The highest BCUT2D eigenvalue weighted by molar-refractivity contribution is 5.91. The summed E-state index contributed by atoms with van der Waals surface area (Å²) in [6, 6.07) is 7.00. The molecule has 5 nitrogen and oxygen atoms in total. The van der Waals surface area contributed by atoms with Crippen molar-refractivity contribution in [1.29, 1.82) is 0 Å². The average molecular weight is 290 g/mol. The summed E-state index contributed by atoms with van der Waals surface area (Å²) < 4.78 is 0. The molecular formula is C16H22N2O3. The van der Waals surface area contributed by atoms with E-state index >= 15 is 0 Å². The third-order valence-electron chi connectivity index (χ3n) is 2.62. The van der Waals surface area contributed by atoms with Crippen molar-refractivity contribution in [3.05, 3.63) is 35.9 Å². The first-order valence-electron chi connectivity index (χ1n) is 6.82. The van der Waals surface area contributed by atoms with Gasteiger partial charge in [-0.15, -0.1) is 0 Å². The number of hydrogen-bond acceptors (Lipinski definition) is 3. The van der Waals surface area contributed by atoms with Crippen LogP contribution in [0, 0.1) is 0 Å². The lowest BCUT2D eigenvalue weighted by molar-refractivity contribution is -0.131. The average Bonchev–Trinajstić information content (AvgIpc) is 2.36. The zero-order valence-corrected chi connectivity index (χ0v) is 12.6. The van der Waals surface area contributed by atoms with E-state index in [1.54, 1.807) is 24.3 Å². The van der Waals surface area contributed by atoms with Crippen LogP contribution >= 0.6 is 0 Å². The Balaban J connectivity index is 2.44. The van der Waals surface area contributed by atoms with Crippen LogP contribution in [-0.4, -0.2) is 29.1 Å². The van der Waals surface area contributed by atoms with Crippen molar-refractivity contribution in [2.45, 2.75) is 32.7 Å². The topological polar surface area (TPSA) is 78.4 Å². The van der Waals surface area contributed by atoms with Gasteiger partial charge >= 0.3 is 5.97 Å². The van der Waals surface area contributed by atoms with E-state index in [0.717, 1.165) is 11.6 Å². The molecule has 5 heteroatoms. The number of amides is 1. The van der Waals surface area contributed by atoms with Crippen molar-refractivity contribution in [3.63, 3.8) is 0 Å². The van der Waals surface area contributed by atoms with Crippen LogP contribution < -0.4 is 10.6 Å². The van der Waals surface area contributed by atoms with E-state index < -0.39 is 5.97 Å². The lowest BCUT2D eigenvalue weighted by Crippen LogP contribution is -2.37. The molecule has 0 saturated heterocycles. The third-order valence-corrected chi connectivity index (χ3v) is 2.62. The lowest BCUT2D eigenvalue weighted by atomic mass is 10.1. The van der Waals surface area contributed by atoms with Gasteiger partial charge in [-0.2, -0.15) is 0 Å². The molecule has 114 valence electrons. The molecule has 0 aromatic heterocycles. The minimum atomic E-state index is -0.987. The zero-order chi connectivity index (χ0) is 15.9. The molecule has 0 saturated carbocycles. The molecule has 0 aliphatic carbocycles. The fraction of sp³-hybridized carbons (Fsp3) is 0.375. The highest BCUT2D eigenvalue weighted by Crippen LogP contribution is 2.11. The highest BCUT2D eigenvalue weighted by Gasteiger charge is 2.09. The molecule has 1 amide bonds. The van der Waals surface area contributed by atoms with Crippen LogP contribution in [0.4, 0.5) is 5.69 Å². The second kappa shape index (κ2) is 7.59. The maximum Gasteiger partial charge on any atom is 0.328 e. The number of carbonyl (C=O) groups excluding carboxylic acids is 1. The van der Waals surface area contributed by atoms with Gasteiger partial charge < -0.3 is 15.7 Å². The van der Waals surface area contributed by atoms with Crippen LogP contribution in [0.25, 0.3) is 6.08 Å². The van der Waals surface area contributed by atoms with E-state index in [2.05, 4.69) is 10.6 Å². The lowest BCUT2D eigenvalue weighted by Gasteiger charge is -2.20. The van der Waals surface area contributed by atoms with Crippen LogP contribution in [0.3, 0.4) is 0 Å². The Morgan fingerprint density at radius 1 is 1.19 bits per heavy atom. The second-order valence-corrected chi connectivity index (χ2v) is 5.77. The fourth-order valence-electron chi connectivity index (χ4n) is 1.62. The Morgan fingerprint density at radius 3 is 2.33 bits per heavy atom. The Kier molecular flexibility index (Phi) is 6.11. The molecule has 1 aromatic carbocycles. The number of hydrogen-bond donors (Lipinski definition) is 3. The van der Waals surface area contributed by atoms with Crippen LogP contribution in [0.1, 0.15) is 32.8 Å². The van der Waals surface area contributed by atoms with Gasteiger partial charge in [-0.1, -0.05) is 12.1 Å². The quantitative estimate of drug-likeness (QED) is 0.703. The van der Waals surface area contributed by atoms with Crippen molar-refractivity contribution >= 4 is 23.6 Å². The number of carbonyl (C=O) groups is 2. The molecule has 0 aliphatic heterocycles. The van der Waals surface area contributed by atoms with Gasteiger partial charge in [0, 0.05) is 30.3 Å². The molecule has 0 bridgehead atoms. The van der Waals surface area contributed by atoms with Gasteiger partial charge in [0.1, 0.15) is 0 Å². The summed E-state index contributed by atoms with van der Waals surface area (Å²) in [7, 11) is 0. The summed E-state index contributed by atoms with van der Waals surface area (Å²) in [6.45, 7) is 6.77. The number of benzene rings is 1. The van der Waals surface area contributed by atoms with Gasteiger partial charge in [0.25, 0.3) is 0 Å². The van der Waals surface area contributed by atoms with Crippen LogP contribution in [0.5, 0.6) is 0 Å². The number of nitrogens with one attached hydrogen (secondary N) is 2. The van der Waals surface area contributed by atoms with E-state index in [1.807, 2.05) is 20.8 Å². The van der Waals surface area contributed by atoms with E-state index in [4.69, 9.17) is 5.11 Å². The first-order valence-corrected chi connectivity index (χ1v) is 6.82. The molecule has 0 fully saturated rings. The standard InChI is InChI=1S/C16H22N2O3/c1-16(2,3)17-11-10-14(19)18-13-7-4-12(5-8-13)6-9-15(20)21/h4-9,17H,10-11H2,1-3H3,(H,18,19)(H,20,21)/b9-6+. The molecule has 0 radical (unpaired) electrons. The van der Waals surface area contributed by atoms with Gasteiger partial charge in [0.15, 0.2) is 0 Å². The first kappa shape index (κ1) is 16.9. The predicted octanol–water partition coefficient (Wildman–Crippen LogP) is 2.50. The molecule has 0 aliphatic rings. The smallest absolute Gasteiger partial charge is 0.328 e. The van der Waals surface area contributed by atoms with E-state index in [1.165, 1.54) is 6.08 Å². The Bertz CT molecular complexity index is 513. The molecule has 0 spiro atoms. The van der Waals surface area contributed by atoms with Crippen molar-refractivity contribution < 1.29 is 14.7 Å². The van der Waals surface area contributed by atoms with Crippen molar-refractivity contribution in [1.82, 2.24) is 5.32 Å². The number of aliphatic carboxylic acids is 1. The van der Waals surface area contributed by atoms with Crippen LogP contribution in [0.2, 0.25) is 0 Å². The predicted molar refractivity (Wildman–Crippen MR) is 84.1 cm³/mol. The van der Waals surface area contributed by atoms with Crippen molar-refractivity contribution in [2.75, 3.05) is 11.9 Å². The third kappa shape index (κ3) is 7.89. The summed E-state index contributed by atoms with van der Waals surface area (Å²) in [5.74, 6) is -1.04. The van der Waals surface area contributed by atoms with Gasteiger partial charge in [-0.25, -0.2) is 4.79 Å². The maximum atomic E-state index is 11.8. The highest BCUT2D eigenvalue weighted by atomic mass is 16.4. The van der Waals surface area contributed by atoms with Crippen molar-refractivity contribution in [2.24, 2.45) is 0 Å². The summed E-state index contributed by atoms with van der Waals surface area (Å²) in [5, 5.41) is 14.6. The number of carboxylic acids is 1. The SMILES string of the molecule is CC(C)(C)NCCC(=O)Nc1ccc(/C=C/C(=O)O)cc1. The van der Waals surface area contributed by atoms with Gasteiger partial charge in [-0.05, 0) is 44.5 Å². The zero-order valence-electron chi connectivity index (χ0n) is 12.6. The Labute approximate surface area is 125 Å². The van der Waals surface area contributed by atoms with Crippen molar-refractivity contribution in [3.8, 4) is 0 Å². The first-order chi connectivity index (χ1) is 9.76. The minimum absolute atomic E-state index is 0.00158. The second-order valence-electron chi connectivity index (χ2n) is 5.77. The van der Waals surface area contributed by atoms with Gasteiger partial charge in [0.05, 0.1) is 0 Å². The minimum Gasteiger partial charge on any atom is -0.478 e. The number of rotatable bonds is 6. The Hall–Kier alpha value is -2.14. The molecule has 0 unspecified atom stereocenters. The van der Waals surface area contributed by atoms with Gasteiger partial charge in [0.2, 0.25) is 5.91 Å². The van der Waals surface area contributed by atoms with E-state index in [9.17, 15) is 9.59 Å². The molecular weight excluding hydrogens is 268 g/mol. The number of carboxylic acid groups (broad SMARTS) is 1. The summed E-state index contributed by atoms with van der Waals surface area (Å²) >= 11 is 0. The normalized spacial score (nSPS) is 11.6. The molecule has 1 rings (SSSR count). The molecule has 0 heterocycles. The van der Waals surface area contributed by atoms with Crippen LogP contribution in [0.15, 0.2) is 30.3 Å². The van der Waals surface area contributed by atoms with E-state index in [-0.39, 0.29) is 11.4 Å². The molecule has 1 aromatic rings. The summed E-state index contributed by atoms with van der Waals surface area (Å²) in [4.78, 5) is 22.2. The monoisotopic (exact) mass is 290 g/mol. The molecule has 21 heavy (non-hydrogen) atoms. The van der Waals surface area contributed by atoms with Gasteiger partial charge in [-0.3, -0.25) is 4.79 Å². The van der Waals surface area contributed by atoms with Crippen LogP contribution in [-0.2, 0) is 9.59 Å². The van der Waals surface area contributed by atoms with E-state index in [0.29, 0.717) is 18.7 Å². The summed E-state index contributed by atoms with van der Waals surface area (Å²) in [6.07, 6.45) is 2.98. The molecule has 3 N–H and O–H groups in total. The maximum absolute atomic E-state index is 11.8. The Morgan fingerprint density at radius 2 is 1.81 bits per heavy atom. The number of anilines is 1. The molecule has 0 atom stereocenters. The fourth-order valence-corrected chi connectivity index (χ4v) is 1.62. The largest absolute Gasteiger partial charge is 0.478 e.